The van der Waals surface area contributed by atoms with E-state index in [1.165, 1.54) is 0 Å². The molecule has 1 fully saturated rings. The first-order chi connectivity index (χ1) is 11.2. The van der Waals surface area contributed by atoms with E-state index >= 15 is 0 Å². The SMILES string of the molecule is COc1ccc(N2C(=O)[C@H](OCc3ccccc3)[C@@H]2CI)cc1. The Hall–Kier alpha value is -1.60. The van der Waals surface area contributed by atoms with Crippen molar-refractivity contribution >= 4 is 34.2 Å². The van der Waals surface area contributed by atoms with Crippen LogP contribution in [0.4, 0.5) is 5.69 Å². The van der Waals surface area contributed by atoms with Crippen molar-refractivity contribution < 1.29 is 14.3 Å². The van der Waals surface area contributed by atoms with Crippen LogP contribution in [0, 0.1) is 0 Å². The first-order valence-electron chi connectivity index (χ1n) is 7.43. The Morgan fingerprint density at radius 1 is 1.09 bits per heavy atom. The molecule has 2 aromatic carbocycles. The summed E-state index contributed by atoms with van der Waals surface area (Å²) in [5, 5.41) is 0. The van der Waals surface area contributed by atoms with Gasteiger partial charge in [-0.2, -0.15) is 0 Å². The Labute approximate surface area is 149 Å². The summed E-state index contributed by atoms with van der Waals surface area (Å²) in [6.07, 6.45) is -0.366. The molecule has 0 radical (unpaired) electrons. The van der Waals surface area contributed by atoms with E-state index in [2.05, 4.69) is 22.6 Å². The van der Waals surface area contributed by atoms with Crippen LogP contribution in [0.1, 0.15) is 5.56 Å². The van der Waals surface area contributed by atoms with Gasteiger partial charge in [-0.25, -0.2) is 0 Å². The molecule has 0 unspecified atom stereocenters. The fourth-order valence-electron chi connectivity index (χ4n) is 2.67. The lowest BCUT2D eigenvalue weighted by atomic mass is 9.98. The number of methoxy groups -OCH3 is 1. The maximum Gasteiger partial charge on any atom is 0.258 e. The van der Waals surface area contributed by atoms with Crippen molar-refractivity contribution in [1.82, 2.24) is 0 Å². The number of benzene rings is 2. The van der Waals surface area contributed by atoms with Crippen LogP contribution < -0.4 is 9.64 Å². The molecular formula is C18H18INO3. The Kier molecular flexibility index (Phi) is 5.17. The molecule has 4 nitrogen and oxygen atoms in total. The van der Waals surface area contributed by atoms with Gasteiger partial charge < -0.3 is 14.4 Å². The molecule has 2 atom stereocenters. The smallest absolute Gasteiger partial charge is 0.258 e. The molecule has 0 aliphatic carbocycles. The number of nitrogens with zero attached hydrogens (tertiary/aromatic N) is 1. The second kappa shape index (κ2) is 7.31. The summed E-state index contributed by atoms with van der Waals surface area (Å²) in [5.41, 5.74) is 1.97. The van der Waals surface area contributed by atoms with Gasteiger partial charge in [-0.15, -0.1) is 0 Å². The molecule has 3 rings (SSSR count). The van der Waals surface area contributed by atoms with E-state index in [-0.39, 0.29) is 18.1 Å². The lowest BCUT2D eigenvalue weighted by Crippen LogP contribution is -2.67. The Morgan fingerprint density at radius 3 is 2.39 bits per heavy atom. The molecular weight excluding hydrogens is 405 g/mol. The molecule has 1 amide bonds. The molecule has 0 bridgehead atoms. The van der Waals surface area contributed by atoms with Crippen molar-refractivity contribution in [3.8, 4) is 5.75 Å². The second-order valence-electron chi connectivity index (χ2n) is 5.35. The van der Waals surface area contributed by atoms with Crippen LogP contribution >= 0.6 is 22.6 Å². The van der Waals surface area contributed by atoms with Crippen LogP contribution in [-0.4, -0.2) is 29.6 Å². The van der Waals surface area contributed by atoms with Gasteiger partial charge in [0, 0.05) is 10.1 Å². The van der Waals surface area contributed by atoms with Crippen LogP contribution in [0.25, 0.3) is 0 Å². The number of amides is 1. The van der Waals surface area contributed by atoms with Crippen molar-refractivity contribution in [1.29, 1.82) is 0 Å². The van der Waals surface area contributed by atoms with E-state index in [0.717, 1.165) is 21.4 Å². The highest BCUT2D eigenvalue weighted by atomic mass is 127. The lowest BCUT2D eigenvalue weighted by Gasteiger charge is -2.46. The summed E-state index contributed by atoms with van der Waals surface area (Å²) in [4.78, 5) is 14.3. The van der Waals surface area contributed by atoms with Crippen molar-refractivity contribution in [2.75, 3.05) is 16.4 Å². The Balaban J connectivity index is 1.67. The number of β-lactam (4-membered cyclic amide) rings is 1. The summed E-state index contributed by atoms with van der Waals surface area (Å²) < 4.78 is 11.8. The van der Waals surface area contributed by atoms with Crippen molar-refractivity contribution in [3.05, 3.63) is 60.2 Å². The van der Waals surface area contributed by atoms with Gasteiger partial charge in [0.2, 0.25) is 0 Å². The number of carbonyl (C=O) groups is 1. The molecule has 120 valence electrons. The zero-order valence-electron chi connectivity index (χ0n) is 12.8. The quantitative estimate of drug-likeness (QED) is 0.406. The summed E-state index contributed by atoms with van der Waals surface area (Å²) in [7, 11) is 1.63. The third-order valence-electron chi connectivity index (χ3n) is 3.94. The number of carbonyl (C=O) groups excluding carboxylic acids is 1. The number of hydrogen-bond donors (Lipinski definition) is 0. The van der Waals surface area contributed by atoms with Gasteiger partial charge in [-0.1, -0.05) is 52.9 Å². The molecule has 5 heteroatoms. The summed E-state index contributed by atoms with van der Waals surface area (Å²) in [6.45, 7) is 0.459. The minimum absolute atomic E-state index is 0.0211. The van der Waals surface area contributed by atoms with E-state index in [0.29, 0.717) is 6.61 Å². The average Bonchev–Trinajstić information content (AvgIpc) is 2.61. The largest absolute Gasteiger partial charge is 0.497 e. The molecule has 0 aromatic heterocycles. The molecule has 1 aliphatic heterocycles. The number of rotatable bonds is 6. The fourth-order valence-corrected chi connectivity index (χ4v) is 3.53. The van der Waals surface area contributed by atoms with Crippen molar-refractivity contribution in [2.45, 2.75) is 18.8 Å². The van der Waals surface area contributed by atoms with Gasteiger partial charge in [0.05, 0.1) is 19.8 Å². The van der Waals surface area contributed by atoms with Crippen LogP contribution in [-0.2, 0) is 16.1 Å². The van der Waals surface area contributed by atoms with Crippen LogP contribution in [0.2, 0.25) is 0 Å². The molecule has 1 aliphatic rings. The highest BCUT2D eigenvalue weighted by molar-refractivity contribution is 14.1. The zero-order chi connectivity index (χ0) is 16.2. The predicted octanol–water partition coefficient (Wildman–Crippen LogP) is 3.43. The highest BCUT2D eigenvalue weighted by Crippen LogP contribution is 2.32. The van der Waals surface area contributed by atoms with Gasteiger partial charge in [-0.05, 0) is 29.8 Å². The second-order valence-corrected chi connectivity index (χ2v) is 6.23. The van der Waals surface area contributed by atoms with E-state index in [9.17, 15) is 4.79 Å². The van der Waals surface area contributed by atoms with Crippen LogP contribution in [0.15, 0.2) is 54.6 Å². The molecule has 1 saturated heterocycles. The number of alkyl halides is 1. The number of ether oxygens (including phenoxy) is 2. The number of hydrogen-bond acceptors (Lipinski definition) is 3. The first kappa shape index (κ1) is 16.3. The molecule has 2 aromatic rings. The van der Waals surface area contributed by atoms with Gasteiger partial charge in [-0.3, -0.25) is 4.79 Å². The minimum Gasteiger partial charge on any atom is -0.497 e. The van der Waals surface area contributed by atoms with E-state index in [1.54, 1.807) is 7.11 Å². The number of anilines is 1. The first-order valence-corrected chi connectivity index (χ1v) is 8.95. The average molecular weight is 423 g/mol. The Morgan fingerprint density at radius 2 is 1.78 bits per heavy atom. The highest BCUT2D eigenvalue weighted by Gasteiger charge is 2.48. The molecule has 1 heterocycles. The third kappa shape index (κ3) is 3.35. The molecule has 0 spiro atoms. The van der Waals surface area contributed by atoms with Crippen molar-refractivity contribution in [3.63, 3.8) is 0 Å². The van der Waals surface area contributed by atoms with Crippen molar-refractivity contribution in [2.24, 2.45) is 0 Å². The monoisotopic (exact) mass is 423 g/mol. The third-order valence-corrected chi connectivity index (χ3v) is 4.85. The topological polar surface area (TPSA) is 38.8 Å². The van der Waals surface area contributed by atoms with Gasteiger partial charge in [0.25, 0.3) is 5.91 Å². The number of halogens is 1. The molecule has 0 saturated carbocycles. The summed E-state index contributed by atoms with van der Waals surface area (Å²) in [5.74, 6) is 0.803. The minimum atomic E-state index is -0.366. The summed E-state index contributed by atoms with van der Waals surface area (Å²) in [6, 6.07) is 17.5. The van der Waals surface area contributed by atoms with E-state index < -0.39 is 0 Å². The van der Waals surface area contributed by atoms with Gasteiger partial charge in [0.15, 0.2) is 6.10 Å². The lowest BCUT2D eigenvalue weighted by molar-refractivity contribution is -0.142. The van der Waals surface area contributed by atoms with Gasteiger partial charge >= 0.3 is 0 Å². The van der Waals surface area contributed by atoms with Gasteiger partial charge in [0.1, 0.15) is 5.75 Å². The maximum atomic E-state index is 12.5. The molecule has 0 N–H and O–H groups in total. The normalized spacial score (nSPS) is 20.3. The molecule has 23 heavy (non-hydrogen) atoms. The van der Waals surface area contributed by atoms with E-state index in [4.69, 9.17) is 9.47 Å². The fraction of sp³-hybridized carbons (Fsp3) is 0.278. The maximum absolute atomic E-state index is 12.5. The van der Waals surface area contributed by atoms with E-state index in [1.807, 2.05) is 59.5 Å². The standard InChI is InChI=1S/C18H18INO3/c1-22-15-9-7-14(8-10-15)20-16(11-19)17(18(20)21)23-12-13-5-3-2-4-6-13/h2-10,16-17H,11-12H2,1H3/t16-,17+/m0/s1. The zero-order valence-corrected chi connectivity index (χ0v) is 15.0. The summed E-state index contributed by atoms with van der Waals surface area (Å²) >= 11 is 2.30. The Bertz CT molecular complexity index is 660. The van der Waals surface area contributed by atoms with Crippen LogP contribution in [0.5, 0.6) is 5.75 Å². The predicted molar refractivity (Wildman–Crippen MR) is 98.2 cm³/mol. The van der Waals surface area contributed by atoms with Crippen LogP contribution in [0.3, 0.4) is 0 Å².